The molecular formula is C12H16ClN. The first-order chi connectivity index (χ1) is 6.59. The zero-order valence-corrected chi connectivity index (χ0v) is 9.49. The summed E-state index contributed by atoms with van der Waals surface area (Å²) in [5, 5.41) is 0.860. The molecule has 0 bridgehead atoms. The van der Waals surface area contributed by atoms with E-state index in [-0.39, 0.29) is 5.41 Å². The van der Waals surface area contributed by atoms with Gasteiger partial charge in [0.15, 0.2) is 0 Å². The van der Waals surface area contributed by atoms with Crippen molar-refractivity contribution < 1.29 is 0 Å². The molecule has 1 aromatic carbocycles. The number of hydrogen-bond acceptors (Lipinski definition) is 1. The smallest absolute Gasteiger partial charge is 0.0438 e. The lowest BCUT2D eigenvalue weighted by atomic mass is 9.90. The lowest BCUT2D eigenvalue weighted by molar-refractivity contribution is 0.698. The van der Waals surface area contributed by atoms with Gasteiger partial charge in [0.1, 0.15) is 0 Å². The summed E-state index contributed by atoms with van der Waals surface area (Å²) in [7, 11) is 0. The Balaban J connectivity index is 2.49. The summed E-state index contributed by atoms with van der Waals surface area (Å²) in [5.74, 6) is 0. The van der Waals surface area contributed by atoms with Gasteiger partial charge in [-0.15, -0.1) is 0 Å². The second-order valence-corrected chi connectivity index (χ2v) is 4.81. The van der Waals surface area contributed by atoms with Crippen LogP contribution in [0.2, 0.25) is 5.02 Å². The number of aryl methyl sites for hydroxylation is 2. The Labute approximate surface area is 90.3 Å². The van der Waals surface area contributed by atoms with Gasteiger partial charge < -0.3 is 5.73 Å². The Morgan fingerprint density at radius 3 is 2.43 bits per heavy atom. The largest absolute Gasteiger partial charge is 0.330 e. The lowest BCUT2D eigenvalue weighted by Gasteiger charge is -2.17. The molecule has 0 atom stereocenters. The summed E-state index contributed by atoms with van der Waals surface area (Å²) >= 11 is 6.07. The SMILES string of the molecule is Cc1cc(C2(CN)CC2)c(C)cc1Cl. The van der Waals surface area contributed by atoms with Gasteiger partial charge in [-0.25, -0.2) is 0 Å². The monoisotopic (exact) mass is 209 g/mol. The summed E-state index contributed by atoms with van der Waals surface area (Å²) in [4.78, 5) is 0. The quantitative estimate of drug-likeness (QED) is 0.797. The molecular weight excluding hydrogens is 194 g/mol. The molecule has 0 heterocycles. The minimum Gasteiger partial charge on any atom is -0.330 e. The van der Waals surface area contributed by atoms with Crippen molar-refractivity contribution in [1.29, 1.82) is 0 Å². The van der Waals surface area contributed by atoms with Gasteiger partial charge in [-0.2, -0.15) is 0 Å². The van der Waals surface area contributed by atoms with Crippen LogP contribution >= 0.6 is 11.6 Å². The number of nitrogens with two attached hydrogens (primary N) is 1. The van der Waals surface area contributed by atoms with E-state index in [1.54, 1.807) is 0 Å². The van der Waals surface area contributed by atoms with Crippen LogP contribution in [0.4, 0.5) is 0 Å². The Morgan fingerprint density at radius 1 is 1.29 bits per heavy atom. The third kappa shape index (κ3) is 1.45. The van der Waals surface area contributed by atoms with E-state index in [0.717, 1.165) is 17.1 Å². The van der Waals surface area contributed by atoms with Gasteiger partial charge in [0, 0.05) is 17.0 Å². The Kier molecular flexibility index (Phi) is 2.32. The topological polar surface area (TPSA) is 26.0 Å². The highest BCUT2D eigenvalue weighted by Crippen LogP contribution is 2.49. The molecule has 0 spiro atoms. The van der Waals surface area contributed by atoms with E-state index < -0.39 is 0 Å². The van der Waals surface area contributed by atoms with Crippen molar-refractivity contribution in [2.45, 2.75) is 32.1 Å². The van der Waals surface area contributed by atoms with E-state index in [9.17, 15) is 0 Å². The number of rotatable bonds is 2. The van der Waals surface area contributed by atoms with Crippen LogP contribution in [0, 0.1) is 13.8 Å². The second kappa shape index (κ2) is 3.25. The third-order valence-electron chi connectivity index (χ3n) is 3.32. The van der Waals surface area contributed by atoms with Crippen LogP contribution < -0.4 is 5.73 Å². The van der Waals surface area contributed by atoms with Crippen molar-refractivity contribution in [2.75, 3.05) is 6.54 Å². The van der Waals surface area contributed by atoms with Crippen molar-refractivity contribution in [3.8, 4) is 0 Å². The number of hydrogen-bond donors (Lipinski definition) is 1. The molecule has 0 aliphatic heterocycles. The van der Waals surface area contributed by atoms with E-state index >= 15 is 0 Å². The predicted octanol–water partition coefficient (Wildman–Crippen LogP) is 2.95. The average molecular weight is 210 g/mol. The van der Waals surface area contributed by atoms with Crippen LogP contribution in [0.15, 0.2) is 12.1 Å². The molecule has 1 aliphatic rings. The van der Waals surface area contributed by atoms with E-state index in [2.05, 4.69) is 26.0 Å². The first-order valence-electron chi connectivity index (χ1n) is 5.06. The fourth-order valence-electron chi connectivity index (χ4n) is 2.09. The summed E-state index contributed by atoms with van der Waals surface area (Å²) in [6.07, 6.45) is 2.46. The minimum atomic E-state index is 0.277. The molecule has 0 unspecified atom stereocenters. The average Bonchev–Trinajstić information content (AvgIpc) is 2.92. The molecule has 1 saturated carbocycles. The molecule has 2 N–H and O–H groups in total. The minimum absolute atomic E-state index is 0.277. The molecule has 0 aromatic heterocycles. The first-order valence-corrected chi connectivity index (χ1v) is 5.44. The van der Waals surface area contributed by atoms with E-state index in [4.69, 9.17) is 17.3 Å². The fourth-order valence-corrected chi connectivity index (χ4v) is 2.30. The molecule has 0 saturated heterocycles. The third-order valence-corrected chi connectivity index (χ3v) is 3.73. The molecule has 1 aliphatic carbocycles. The lowest BCUT2D eigenvalue weighted by Crippen LogP contribution is -2.20. The van der Waals surface area contributed by atoms with Crippen molar-refractivity contribution in [3.05, 3.63) is 33.8 Å². The van der Waals surface area contributed by atoms with Gasteiger partial charge >= 0.3 is 0 Å². The molecule has 2 rings (SSSR count). The van der Waals surface area contributed by atoms with E-state index in [1.165, 1.54) is 24.0 Å². The maximum Gasteiger partial charge on any atom is 0.0438 e. The van der Waals surface area contributed by atoms with Crippen LogP contribution in [-0.2, 0) is 5.41 Å². The predicted molar refractivity (Wildman–Crippen MR) is 60.9 cm³/mol. The van der Waals surface area contributed by atoms with Gasteiger partial charge in [0.25, 0.3) is 0 Å². The zero-order valence-electron chi connectivity index (χ0n) is 8.73. The highest BCUT2D eigenvalue weighted by molar-refractivity contribution is 6.31. The van der Waals surface area contributed by atoms with Gasteiger partial charge in [-0.05, 0) is 49.4 Å². The van der Waals surface area contributed by atoms with Crippen molar-refractivity contribution in [1.82, 2.24) is 0 Å². The second-order valence-electron chi connectivity index (χ2n) is 4.40. The van der Waals surface area contributed by atoms with E-state index in [1.807, 2.05) is 0 Å². The van der Waals surface area contributed by atoms with Gasteiger partial charge in [0.2, 0.25) is 0 Å². The van der Waals surface area contributed by atoms with Gasteiger partial charge in [0.05, 0.1) is 0 Å². The van der Waals surface area contributed by atoms with Crippen LogP contribution in [0.5, 0.6) is 0 Å². The fraction of sp³-hybridized carbons (Fsp3) is 0.500. The first kappa shape index (κ1) is 10.0. The molecule has 76 valence electrons. The molecule has 0 radical (unpaired) electrons. The standard InChI is InChI=1S/C12H16ClN/c1-8-6-11(13)9(2)5-10(8)12(7-14)3-4-12/h5-6H,3-4,7,14H2,1-2H3. The highest BCUT2D eigenvalue weighted by Gasteiger charge is 2.43. The van der Waals surface area contributed by atoms with Crippen molar-refractivity contribution in [3.63, 3.8) is 0 Å². The Bertz CT molecular complexity index is 367. The summed E-state index contributed by atoms with van der Waals surface area (Å²) in [6, 6.07) is 4.26. The number of halogens is 1. The summed E-state index contributed by atoms with van der Waals surface area (Å²) in [6.45, 7) is 4.93. The van der Waals surface area contributed by atoms with Crippen LogP contribution in [0.1, 0.15) is 29.5 Å². The van der Waals surface area contributed by atoms with Crippen LogP contribution in [-0.4, -0.2) is 6.54 Å². The van der Waals surface area contributed by atoms with Crippen LogP contribution in [0.25, 0.3) is 0 Å². The Hall–Kier alpha value is -0.530. The van der Waals surface area contributed by atoms with Crippen molar-refractivity contribution >= 4 is 11.6 Å². The molecule has 1 fully saturated rings. The summed E-state index contributed by atoms with van der Waals surface area (Å²) in [5.41, 5.74) is 9.95. The Morgan fingerprint density at radius 2 is 1.93 bits per heavy atom. The molecule has 0 amide bonds. The number of benzene rings is 1. The zero-order chi connectivity index (χ0) is 10.3. The summed E-state index contributed by atoms with van der Waals surface area (Å²) < 4.78 is 0. The van der Waals surface area contributed by atoms with E-state index in [0.29, 0.717) is 0 Å². The molecule has 14 heavy (non-hydrogen) atoms. The maximum atomic E-state index is 6.07. The van der Waals surface area contributed by atoms with Gasteiger partial charge in [-0.3, -0.25) is 0 Å². The molecule has 1 nitrogen and oxygen atoms in total. The molecule has 2 heteroatoms. The molecule has 1 aromatic rings. The van der Waals surface area contributed by atoms with Gasteiger partial charge in [-0.1, -0.05) is 17.7 Å². The maximum absolute atomic E-state index is 6.07. The van der Waals surface area contributed by atoms with Crippen LogP contribution in [0.3, 0.4) is 0 Å². The van der Waals surface area contributed by atoms with Crippen molar-refractivity contribution in [2.24, 2.45) is 5.73 Å². The highest BCUT2D eigenvalue weighted by atomic mass is 35.5. The normalized spacial score (nSPS) is 18.3.